The number of ether oxygens (including phenoxy) is 1. The lowest BCUT2D eigenvalue weighted by Gasteiger charge is -2.17. The maximum absolute atomic E-state index is 5.44. The summed E-state index contributed by atoms with van der Waals surface area (Å²) in [4.78, 5) is 16.3. The number of methoxy groups -OCH3 is 1. The number of para-hydroxylation sites is 2. The number of nitrogens with zero attached hydrogens (tertiary/aromatic N) is 5. The van der Waals surface area contributed by atoms with Gasteiger partial charge in [0.2, 0.25) is 5.95 Å². The fraction of sp³-hybridized carbons (Fsp3) is 0.370. The Hall–Kier alpha value is -3.65. The van der Waals surface area contributed by atoms with Crippen LogP contribution in [-0.4, -0.2) is 57.7 Å². The summed E-state index contributed by atoms with van der Waals surface area (Å²) in [6.45, 7) is 10.7. The minimum absolute atomic E-state index is 0.683. The number of imidazole rings is 1. The Morgan fingerprint density at radius 1 is 1.00 bits per heavy atom. The van der Waals surface area contributed by atoms with Gasteiger partial charge in [0, 0.05) is 24.4 Å². The van der Waals surface area contributed by atoms with E-state index in [9.17, 15) is 0 Å². The molecule has 0 atom stereocenters. The molecular formula is C27H35N7O. The van der Waals surface area contributed by atoms with Crippen LogP contribution in [0.15, 0.2) is 54.9 Å². The molecule has 2 heterocycles. The standard InChI is InChI=1S/C27H35N7O/c1-5-33(6-2)14-10-9-13-28-25-18-26(30-19-29-25)34-24-12-8-7-11-23(24)32-27(34)31-21-15-20(3)16-22(17-21)35-4/h7-8,11-12,15-19H,5-6,9-10,13-14H2,1-4H3,(H,31,32)(H,28,29,30). The molecule has 4 aromatic rings. The SMILES string of the molecule is CCN(CC)CCCCNc1cc(-n2c(Nc3cc(C)cc(OC)c3)nc3ccccc32)ncn1. The topological polar surface area (TPSA) is 80.1 Å². The van der Waals surface area contributed by atoms with E-state index < -0.39 is 0 Å². The molecule has 2 N–H and O–H groups in total. The van der Waals surface area contributed by atoms with Gasteiger partial charge in [0.25, 0.3) is 0 Å². The molecule has 4 rings (SSSR count). The van der Waals surface area contributed by atoms with Crippen molar-refractivity contribution in [3.63, 3.8) is 0 Å². The van der Waals surface area contributed by atoms with Crippen LogP contribution in [0.1, 0.15) is 32.3 Å². The Bertz CT molecular complexity index is 1250. The first-order valence-electron chi connectivity index (χ1n) is 12.3. The van der Waals surface area contributed by atoms with Gasteiger partial charge in [-0.25, -0.2) is 15.0 Å². The van der Waals surface area contributed by atoms with Crippen molar-refractivity contribution in [1.29, 1.82) is 0 Å². The smallest absolute Gasteiger partial charge is 0.214 e. The third kappa shape index (κ3) is 6.08. The van der Waals surface area contributed by atoms with E-state index in [1.54, 1.807) is 13.4 Å². The fourth-order valence-corrected chi connectivity index (χ4v) is 4.19. The second-order valence-electron chi connectivity index (χ2n) is 8.55. The van der Waals surface area contributed by atoms with Crippen molar-refractivity contribution in [2.24, 2.45) is 0 Å². The summed E-state index contributed by atoms with van der Waals surface area (Å²) in [7, 11) is 1.67. The van der Waals surface area contributed by atoms with Crippen LogP contribution in [0.2, 0.25) is 0 Å². The predicted octanol–water partition coefficient (Wildman–Crippen LogP) is 5.41. The van der Waals surface area contributed by atoms with E-state index >= 15 is 0 Å². The zero-order chi connectivity index (χ0) is 24.6. The van der Waals surface area contributed by atoms with Gasteiger partial charge in [-0.05, 0) is 69.2 Å². The number of benzene rings is 2. The van der Waals surface area contributed by atoms with Gasteiger partial charge in [0.1, 0.15) is 23.7 Å². The highest BCUT2D eigenvalue weighted by Crippen LogP contribution is 2.28. The minimum atomic E-state index is 0.683. The summed E-state index contributed by atoms with van der Waals surface area (Å²) in [5.74, 6) is 3.03. The number of unbranched alkanes of at least 4 members (excludes halogenated alkanes) is 1. The number of aromatic nitrogens is 4. The number of hydrogen-bond donors (Lipinski definition) is 2. The van der Waals surface area contributed by atoms with Crippen molar-refractivity contribution in [2.75, 3.05) is 43.9 Å². The molecule has 35 heavy (non-hydrogen) atoms. The molecule has 0 aliphatic rings. The highest BCUT2D eigenvalue weighted by molar-refractivity contribution is 5.82. The number of fused-ring (bicyclic) bond motifs is 1. The molecule has 2 aromatic carbocycles. The lowest BCUT2D eigenvalue weighted by atomic mass is 10.2. The minimum Gasteiger partial charge on any atom is -0.497 e. The van der Waals surface area contributed by atoms with Crippen LogP contribution < -0.4 is 15.4 Å². The Labute approximate surface area is 207 Å². The van der Waals surface area contributed by atoms with Crippen molar-refractivity contribution >= 4 is 28.5 Å². The number of hydrogen-bond acceptors (Lipinski definition) is 7. The first kappa shape index (κ1) is 24.5. The molecule has 8 heteroatoms. The number of aryl methyl sites for hydroxylation is 1. The summed E-state index contributed by atoms with van der Waals surface area (Å²) in [5.41, 5.74) is 3.86. The van der Waals surface area contributed by atoms with Gasteiger partial charge >= 0.3 is 0 Å². The Kier molecular flexibility index (Phi) is 8.15. The van der Waals surface area contributed by atoms with Gasteiger partial charge in [0.05, 0.1) is 18.1 Å². The molecule has 0 spiro atoms. The number of rotatable bonds is 12. The first-order valence-corrected chi connectivity index (χ1v) is 12.3. The molecule has 0 unspecified atom stereocenters. The molecule has 0 radical (unpaired) electrons. The second kappa shape index (κ2) is 11.7. The molecule has 0 amide bonds. The van der Waals surface area contributed by atoms with Crippen LogP contribution in [0.4, 0.5) is 17.5 Å². The van der Waals surface area contributed by atoms with Gasteiger partial charge in [-0.1, -0.05) is 26.0 Å². The summed E-state index contributed by atoms with van der Waals surface area (Å²) in [5, 5.41) is 6.92. The highest BCUT2D eigenvalue weighted by Gasteiger charge is 2.15. The summed E-state index contributed by atoms with van der Waals surface area (Å²) >= 11 is 0. The largest absolute Gasteiger partial charge is 0.497 e. The highest BCUT2D eigenvalue weighted by atomic mass is 16.5. The summed E-state index contributed by atoms with van der Waals surface area (Å²) in [6.07, 6.45) is 3.85. The van der Waals surface area contributed by atoms with Crippen LogP contribution in [0.5, 0.6) is 5.75 Å². The third-order valence-corrected chi connectivity index (χ3v) is 6.09. The predicted molar refractivity (Wildman–Crippen MR) is 143 cm³/mol. The van der Waals surface area contributed by atoms with E-state index in [-0.39, 0.29) is 0 Å². The Balaban J connectivity index is 1.56. The van der Waals surface area contributed by atoms with Gasteiger partial charge in [0.15, 0.2) is 0 Å². The third-order valence-electron chi connectivity index (χ3n) is 6.09. The first-order chi connectivity index (χ1) is 17.1. The monoisotopic (exact) mass is 473 g/mol. The van der Waals surface area contributed by atoms with E-state index in [0.29, 0.717) is 5.95 Å². The zero-order valence-corrected chi connectivity index (χ0v) is 21.1. The molecule has 2 aromatic heterocycles. The summed E-state index contributed by atoms with van der Waals surface area (Å²) < 4.78 is 7.47. The molecule has 184 valence electrons. The van der Waals surface area contributed by atoms with Gasteiger partial charge in [-0.3, -0.25) is 4.57 Å². The van der Waals surface area contributed by atoms with Gasteiger partial charge in [-0.2, -0.15) is 0 Å². The quantitative estimate of drug-likeness (QED) is 0.266. The Morgan fingerprint density at radius 2 is 1.83 bits per heavy atom. The maximum atomic E-state index is 5.44. The fourth-order valence-electron chi connectivity index (χ4n) is 4.19. The molecule has 0 aliphatic carbocycles. The van der Waals surface area contributed by atoms with Crippen LogP contribution in [0.25, 0.3) is 16.9 Å². The van der Waals surface area contributed by atoms with E-state index in [2.05, 4.69) is 45.4 Å². The van der Waals surface area contributed by atoms with Gasteiger partial charge in [-0.15, -0.1) is 0 Å². The Morgan fingerprint density at radius 3 is 2.63 bits per heavy atom. The molecule has 8 nitrogen and oxygen atoms in total. The number of nitrogens with one attached hydrogen (secondary N) is 2. The van der Waals surface area contributed by atoms with Crippen molar-refractivity contribution < 1.29 is 4.74 Å². The van der Waals surface area contributed by atoms with Crippen molar-refractivity contribution in [1.82, 2.24) is 24.4 Å². The average molecular weight is 474 g/mol. The number of anilines is 3. The van der Waals surface area contributed by atoms with E-state index in [0.717, 1.165) is 78.7 Å². The normalized spacial score (nSPS) is 11.2. The molecule has 0 saturated carbocycles. The summed E-state index contributed by atoms with van der Waals surface area (Å²) in [6, 6.07) is 16.1. The molecular weight excluding hydrogens is 438 g/mol. The van der Waals surface area contributed by atoms with Crippen molar-refractivity contribution in [3.05, 3.63) is 60.4 Å². The van der Waals surface area contributed by atoms with E-state index in [1.807, 2.05) is 54.0 Å². The van der Waals surface area contributed by atoms with Crippen LogP contribution in [0.3, 0.4) is 0 Å². The van der Waals surface area contributed by atoms with Gasteiger partial charge < -0.3 is 20.3 Å². The zero-order valence-electron chi connectivity index (χ0n) is 21.1. The maximum Gasteiger partial charge on any atom is 0.214 e. The van der Waals surface area contributed by atoms with Crippen molar-refractivity contribution in [2.45, 2.75) is 33.6 Å². The molecule has 0 bridgehead atoms. The average Bonchev–Trinajstić information content (AvgIpc) is 3.23. The lowest BCUT2D eigenvalue weighted by Crippen LogP contribution is -2.24. The second-order valence-corrected chi connectivity index (χ2v) is 8.55. The molecule has 0 fully saturated rings. The van der Waals surface area contributed by atoms with E-state index in [4.69, 9.17) is 9.72 Å². The van der Waals surface area contributed by atoms with Crippen LogP contribution >= 0.6 is 0 Å². The lowest BCUT2D eigenvalue weighted by molar-refractivity contribution is 0.298. The van der Waals surface area contributed by atoms with Crippen LogP contribution in [-0.2, 0) is 0 Å². The molecule has 0 aliphatic heterocycles. The van der Waals surface area contributed by atoms with Crippen molar-refractivity contribution in [3.8, 4) is 11.6 Å². The molecule has 0 saturated heterocycles. The van der Waals surface area contributed by atoms with Crippen LogP contribution in [0, 0.1) is 6.92 Å². The van der Waals surface area contributed by atoms with E-state index in [1.165, 1.54) is 0 Å².